The van der Waals surface area contributed by atoms with Crippen LogP contribution in [0.5, 0.6) is 0 Å². The monoisotopic (exact) mass is 254 g/mol. The molecule has 0 radical (unpaired) electrons. The van der Waals surface area contributed by atoms with Crippen LogP contribution in [0.1, 0.15) is 11.1 Å². The summed E-state index contributed by atoms with van der Waals surface area (Å²) in [7, 11) is 0. The van der Waals surface area contributed by atoms with Gasteiger partial charge in [0.2, 0.25) is 0 Å². The third kappa shape index (κ3) is 3.71. The number of aliphatic carboxylic acids is 1. The average molecular weight is 254 g/mol. The van der Waals surface area contributed by atoms with Crippen LogP contribution in [-0.4, -0.2) is 17.7 Å². The molecule has 0 aromatic heterocycles. The fourth-order valence-corrected chi connectivity index (χ4v) is 1.73. The van der Waals surface area contributed by atoms with E-state index in [2.05, 4.69) is 0 Å². The van der Waals surface area contributed by atoms with Gasteiger partial charge >= 0.3 is 5.97 Å². The normalized spacial score (nSPS) is 9.68. The Balaban J connectivity index is 2.31. The van der Waals surface area contributed by atoms with Crippen LogP contribution in [0.4, 0.5) is 0 Å². The molecule has 0 bridgehead atoms. The highest BCUT2D eigenvalue weighted by Crippen LogP contribution is 2.22. The molecule has 0 saturated carbocycles. The molecule has 0 heterocycles. The molecule has 0 aliphatic heterocycles. The Hall–Kier alpha value is -2.55. The van der Waals surface area contributed by atoms with Crippen LogP contribution >= 0.6 is 0 Å². The smallest absolute Gasteiger partial charge is 0.341 e. The molecular formula is C16H14O3. The number of hydrogen-bond donors (Lipinski definition) is 1. The highest BCUT2D eigenvalue weighted by molar-refractivity contribution is 5.79. The van der Waals surface area contributed by atoms with Crippen LogP contribution in [0.3, 0.4) is 0 Å². The molecule has 3 nitrogen and oxygen atoms in total. The lowest BCUT2D eigenvalue weighted by Gasteiger charge is -2.08. The Labute approximate surface area is 111 Å². The van der Waals surface area contributed by atoms with E-state index >= 15 is 0 Å². The van der Waals surface area contributed by atoms with Crippen molar-refractivity contribution in [2.24, 2.45) is 0 Å². The zero-order valence-corrected chi connectivity index (χ0v) is 10.3. The number of carboxylic acid groups (broad SMARTS) is 1. The molecule has 0 spiro atoms. The van der Waals surface area contributed by atoms with Gasteiger partial charge in [-0.2, -0.15) is 0 Å². The van der Waals surface area contributed by atoms with Gasteiger partial charge in [0.05, 0.1) is 6.26 Å². The molecule has 0 unspecified atom stereocenters. The molecule has 2 aromatic rings. The molecule has 3 heteroatoms. The third-order valence-corrected chi connectivity index (χ3v) is 2.58. The highest BCUT2D eigenvalue weighted by atomic mass is 16.5. The number of hydrogen-bond acceptors (Lipinski definition) is 2. The maximum Gasteiger partial charge on any atom is 0.341 e. The summed E-state index contributed by atoms with van der Waals surface area (Å²) in [5, 5.41) is 8.61. The number of carboxylic acids is 1. The van der Waals surface area contributed by atoms with E-state index in [0.29, 0.717) is 0 Å². The van der Waals surface area contributed by atoms with E-state index in [1.807, 2.05) is 60.7 Å². The van der Waals surface area contributed by atoms with Gasteiger partial charge in [-0.15, -0.1) is 0 Å². The van der Waals surface area contributed by atoms with E-state index < -0.39 is 5.97 Å². The quantitative estimate of drug-likeness (QED) is 0.833. The van der Waals surface area contributed by atoms with Gasteiger partial charge in [0.1, 0.15) is 0 Å². The van der Waals surface area contributed by atoms with E-state index in [1.165, 1.54) is 6.26 Å². The van der Waals surface area contributed by atoms with E-state index in [9.17, 15) is 4.79 Å². The van der Waals surface area contributed by atoms with Gasteiger partial charge in [-0.1, -0.05) is 60.7 Å². The van der Waals surface area contributed by atoms with Crippen molar-refractivity contribution in [3.05, 3.63) is 78.1 Å². The maximum atomic E-state index is 10.5. The minimum Gasteiger partial charge on any atom is -0.489 e. The van der Waals surface area contributed by atoms with Crippen molar-refractivity contribution in [3.63, 3.8) is 0 Å². The van der Waals surface area contributed by atoms with Crippen molar-refractivity contribution in [1.82, 2.24) is 0 Å². The molecular weight excluding hydrogens is 240 g/mol. The Morgan fingerprint density at radius 1 is 0.947 bits per heavy atom. The number of rotatable bonds is 5. The predicted molar refractivity (Wildman–Crippen MR) is 73.6 cm³/mol. The van der Waals surface area contributed by atoms with Crippen LogP contribution in [0.25, 0.3) is 5.57 Å². The average Bonchev–Trinajstić information content (AvgIpc) is 2.45. The van der Waals surface area contributed by atoms with Crippen molar-refractivity contribution in [2.45, 2.75) is 0 Å². The summed E-state index contributed by atoms with van der Waals surface area (Å²) >= 11 is 0. The molecule has 0 fully saturated rings. The van der Waals surface area contributed by atoms with Crippen LogP contribution < -0.4 is 0 Å². The van der Waals surface area contributed by atoms with Crippen LogP contribution in [0.2, 0.25) is 0 Å². The first kappa shape index (κ1) is 12.9. The van der Waals surface area contributed by atoms with E-state index in [1.54, 1.807) is 0 Å². The summed E-state index contributed by atoms with van der Waals surface area (Å²) in [5.74, 6) is -0.989. The molecule has 0 saturated heterocycles. The van der Waals surface area contributed by atoms with Crippen molar-refractivity contribution in [2.75, 3.05) is 6.61 Å². The predicted octanol–water partition coefficient (Wildman–Crippen LogP) is 3.18. The molecule has 0 aliphatic carbocycles. The second-order valence-corrected chi connectivity index (χ2v) is 3.97. The van der Waals surface area contributed by atoms with Crippen LogP contribution in [0, 0.1) is 0 Å². The molecule has 0 amide bonds. The third-order valence-electron chi connectivity index (χ3n) is 2.58. The van der Waals surface area contributed by atoms with E-state index in [0.717, 1.165) is 16.7 Å². The zero-order valence-electron chi connectivity index (χ0n) is 10.3. The molecule has 2 aromatic carbocycles. The second kappa shape index (κ2) is 6.40. The van der Waals surface area contributed by atoms with Crippen molar-refractivity contribution in [1.29, 1.82) is 0 Å². The lowest BCUT2D eigenvalue weighted by molar-refractivity contribution is -0.140. The molecule has 1 N–H and O–H groups in total. The highest BCUT2D eigenvalue weighted by Gasteiger charge is 2.05. The minimum atomic E-state index is -0.989. The first-order valence-corrected chi connectivity index (χ1v) is 5.92. The van der Waals surface area contributed by atoms with Gasteiger partial charge < -0.3 is 9.84 Å². The molecule has 0 atom stereocenters. The summed E-state index contributed by atoms with van der Waals surface area (Å²) in [5.41, 5.74) is 2.83. The number of carbonyl (C=O) groups is 1. The summed E-state index contributed by atoms with van der Waals surface area (Å²) in [6.45, 7) is -0.344. The second-order valence-electron chi connectivity index (χ2n) is 3.97. The zero-order chi connectivity index (χ0) is 13.5. The topological polar surface area (TPSA) is 46.5 Å². The largest absolute Gasteiger partial charge is 0.489 e. The van der Waals surface area contributed by atoms with Crippen LogP contribution in [0.15, 0.2) is 66.9 Å². The lowest BCUT2D eigenvalue weighted by atomic mass is 9.99. The van der Waals surface area contributed by atoms with E-state index in [4.69, 9.17) is 9.84 Å². The van der Waals surface area contributed by atoms with Gasteiger partial charge in [0.25, 0.3) is 0 Å². The van der Waals surface area contributed by atoms with Gasteiger partial charge in [-0.05, 0) is 11.1 Å². The van der Waals surface area contributed by atoms with Crippen molar-refractivity contribution < 1.29 is 14.6 Å². The molecule has 96 valence electrons. The minimum absolute atomic E-state index is 0.344. The summed E-state index contributed by atoms with van der Waals surface area (Å²) < 4.78 is 5.10. The SMILES string of the molecule is O=C(O)COC=C(c1ccccc1)c1ccccc1. The molecule has 0 aliphatic rings. The summed E-state index contributed by atoms with van der Waals surface area (Å²) in [6, 6.07) is 19.4. The summed E-state index contributed by atoms with van der Waals surface area (Å²) in [4.78, 5) is 10.5. The van der Waals surface area contributed by atoms with Gasteiger partial charge in [-0.25, -0.2) is 4.79 Å². The van der Waals surface area contributed by atoms with E-state index in [-0.39, 0.29) is 6.61 Å². The van der Waals surface area contributed by atoms with Crippen molar-refractivity contribution in [3.8, 4) is 0 Å². The standard InChI is InChI=1S/C16H14O3/c17-16(18)12-19-11-15(13-7-3-1-4-8-13)14-9-5-2-6-10-14/h1-11H,12H2,(H,17,18). The van der Waals surface area contributed by atoms with Crippen molar-refractivity contribution >= 4 is 11.5 Å². The maximum absolute atomic E-state index is 10.5. The Morgan fingerprint density at radius 2 is 1.42 bits per heavy atom. The molecule has 2 rings (SSSR count). The lowest BCUT2D eigenvalue weighted by Crippen LogP contribution is -2.03. The van der Waals surface area contributed by atoms with Gasteiger partial charge in [-0.3, -0.25) is 0 Å². The summed E-state index contributed by atoms with van der Waals surface area (Å²) in [6.07, 6.45) is 1.50. The number of benzene rings is 2. The Kier molecular flexibility index (Phi) is 4.34. The Bertz CT molecular complexity index is 518. The fourth-order valence-electron chi connectivity index (χ4n) is 1.73. The first-order chi connectivity index (χ1) is 9.27. The first-order valence-electron chi connectivity index (χ1n) is 5.92. The van der Waals surface area contributed by atoms with Gasteiger partial charge in [0, 0.05) is 5.57 Å². The van der Waals surface area contributed by atoms with Gasteiger partial charge in [0.15, 0.2) is 6.61 Å². The number of ether oxygens (including phenoxy) is 1. The fraction of sp³-hybridized carbons (Fsp3) is 0.0625. The molecule has 19 heavy (non-hydrogen) atoms. The van der Waals surface area contributed by atoms with Crippen LogP contribution in [-0.2, 0) is 9.53 Å². The Morgan fingerprint density at radius 3 is 1.84 bits per heavy atom.